The van der Waals surface area contributed by atoms with Crippen LogP contribution in [0.5, 0.6) is 11.5 Å². The lowest BCUT2D eigenvalue weighted by Gasteiger charge is -2.13. The van der Waals surface area contributed by atoms with E-state index in [0.29, 0.717) is 35.4 Å². The summed E-state index contributed by atoms with van der Waals surface area (Å²) in [5.74, 6) is 0.741. The second-order valence-corrected chi connectivity index (χ2v) is 6.75. The summed E-state index contributed by atoms with van der Waals surface area (Å²) in [6.45, 7) is 6.81. The summed E-state index contributed by atoms with van der Waals surface area (Å²) in [7, 11) is 0. The van der Waals surface area contributed by atoms with Crippen molar-refractivity contribution in [2.24, 2.45) is 0 Å². The molecule has 0 saturated heterocycles. The number of anilines is 1. The fourth-order valence-electron chi connectivity index (χ4n) is 2.66. The van der Waals surface area contributed by atoms with Crippen LogP contribution in [0.4, 0.5) is 10.5 Å². The molecule has 0 unspecified atom stereocenters. The molecule has 2 rings (SSSR count). The van der Waals surface area contributed by atoms with Gasteiger partial charge < -0.3 is 20.1 Å². The first kappa shape index (κ1) is 22.5. The summed E-state index contributed by atoms with van der Waals surface area (Å²) in [5.41, 5.74) is 1.55. The molecule has 0 spiro atoms. The van der Waals surface area contributed by atoms with Gasteiger partial charge in [-0.1, -0.05) is 23.7 Å². The Bertz CT molecular complexity index is 827. The van der Waals surface area contributed by atoms with Gasteiger partial charge in [0.2, 0.25) is 0 Å². The number of carbonyl (C=O) groups excluding carboxylic acids is 2. The Morgan fingerprint density at radius 1 is 1.03 bits per heavy atom. The molecular formula is C21H27ClN3O4+. The van der Waals surface area contributed by atoms with Crippen LogP contribution in [-0.4, -0.2) is 31.7 Å². The first-order chi connectivity index (χ1) is 13.9. The molecule has 7 nitrogen and oxygen atoms in total. The number of hydrogen-bond donors (Lipinski definition) is 3. The number of urea groups is 1. The van der Waals surface area contributed by atoms with Crippen LogP contribution < -0.4 is 25.4 Å². The lowest BCUT2D eigenvalue weighted by atomic mass is 10.1. The molecular weight excluding hydrogens is 394 g/mol. The third-order valence-corrected chi connectivity index (χ3v) is 4.36. The molecule has 0 heterocycles. The molecule has 3 amide bonds. The van der Waals surface area contributed by atoms with E-state index in [4.69, 9.17) is 21.1 Å². The van der Waals surface area contributed by atoms with Gasteiger partial charge in [0.15, 0.2) is 18.0 Å². The fourth-order valence-corrected chi connectivity index (χ4v) is 2.78. The van der Waals surface area contributed by atoms with E-state index in [9.17, 15) is 9.59 Å². The Labute approximate surface area is 175 Å². The zero-order valence-corrected chi connectivity index (χ0v) is 17.6. The van der Waals surface area contributed by atoms with Crippen molar-refractivity contribution in [1.29, 1.82) is 0 Å². The van der Waals surface area contributed by atoms with Gasteiger partial charge >= 0.3 is 6.03 Å². The summed E-state index contributed by atoms with van der Waals surface area (Å²) < 4.78 is 11.0. The van der Waals surface area contributed by atoms with Gasteiger partial charge in [0.1, 0.15) is 6.04 Å². The van der Waals surface area contributed by atoms with E-state index in [2.05, 4.69) is 10.6 Å². The predicted octanol–water partition coefficient (Wildman–Crippen LogP) is 3.11. The van der Waals surface area contributed by atoms with Crippen molar-refractivity contribution in [3.05, 3.63) is 53.1 Å². The maximum absolute atomic E-state index is 12.1. The maximum Gasteiger partial charge on any atom is 0.326 e. The highest BCUT2D eigenvalue weighted by Crippen LogP contribution is 2.30. The Kier molecular flexibility index (Phi) is 8.76. The number of imide groups is 1. The van der Waals surface area contributed by atoms with Crippen LogP contribution in [-0.2, 0) is 4.79 Å². The third-order valence-electron chi connectivity index (χ3n) is 4.11. The van der Waals surface area contributed by atoms with Gasteiger partial charge in [0.05, 0.1) is 13.2 Å². The van der Waals surface area contributed by atoms with Gasteiger partial charge in [-0.05, 0) is 45.0 Å². The molecule has 0 aliphatic carbocycles. The number of nitrogens with one attached hydrogen (secondary N) is 2. The van der Waals surface area contributed by atoms with Crippen molar-refractivity contribution in [3.63, 3.8) is 0 Å². The van der Waals surface area contributed by atoms with E-state index < -0.39 is 6.03 Å². The molecule has 8 heteroatoms. The number of hydrogen-bond acceptors (Lipinski definition) is 4. The highest BCUT2D eigenvalue weighted by Gasteiger charge is 2.14. The molecule has 1 atom stereocenters. The van der Waals surface area contributed by atoms with Gasteiger partial charge in [-0.25, -0.2) is 4.79 Å². The number of halogens is 1. The highest BCUT2D eigenvalue weighted by molar-refractivity contribution is 6.30. The SMILES string of the molecule is CCOc1ccc(NC(=O)NC(=O)C[NH2+][C@H](C)c2ccc(Cl)cc2)cc1OCC. The van der Waals surface area contributed by atoms with E-state index in [1.807, 2.05) is 50.4 Å². The monoisotopic (exact) mass is 420 g/mol. The van der Waals surface area contributed by atoms with Crippen molar-refractivity contribution in [2.45, 2.75) is 26.8 Å². The average Bonchev–Trinajstić information content (AvgIpc) is 2.69. The molecule has 2 aromatic rings. The third kappa shape index (κ3) is 7.29. The molecule has 0 fully saturated rings. The minimum atomic E-state index is -0.603. The van der Waals surface area contributed by atoms with E-state index in [-0.39, 0.29) is 18.5 Å². The molecule has 29 heavy (non-hydrogen) atoms. The summed E-state index contributed by atoms with van der Waals surface area (Å²) in [5, 5.41) is 7.46. The predicted molar refractivity (Wildman–Crippen MR) is 113 cm³/mol. The Morgan fingerprint density at radius 3 is 2.34 bits per heavy atom. The highest BCUT2D eigenvalue weighted by atomic mass is 35.5. The zero-order chi connectivity index (χ0) is 21.2. The molecule has 0 saturated carbocycles. The van der Waals surface area contributed by atoms with Crippen molar-refractivity contribution in [2.75, 3.05) is 25.1 Å². The van der Waals surface area contributed by atoms with E-state index in [1.54, 1.807) is 18.2 Å². The van der Waals surface area contributed by atoms with E-state index >= 15 is 0 Å². The number of rotatable bonds is 9. The van der Waals surface area contributed by atoms with Crippen LogP contribution >= 0.6 is 11.6 Å². The standard InChI is InChI=1S/C21H26ClN3O4/c1-4-28-18-11-10-17(12-19(18)29-5-2)24-21(27)25-20(26)13-23-14(3)15-6-8-16(22)9-7-15/h6-12,14,23H,4-5,13H2,1-3H3,(H2,24,25,26,27)/p+1/t14-/m1/s1. The number of ether oxygens (including phenoxy) is 2. The van der Waals surface area contributed by atoms with Crippen LogP contribution in [0.2, 0.25) is 5.02 Å². The van der Waals surface area contributed by atoms with Gasteiger partial charge in [-0.2, -0.15) is 0 Å². The smallest absolute Gasteiger partial charge is 0.326 e. The first-order valence-corrected chi connectivity index (χ1v) is 9.90. The minimum Gasteiger partial charge on any atom is -0.490 e. The van der Waals surface area contributed by atoms with E-state index in [0.717, 1.165) is 5.56 Å². The second kappa shape index (κ2) is 11.3. The fraction of sp³-hybridized carbons (Fsp3) is 0.333. The zero-order valence-electron chi connectivity index (χ0n) is 16.8. The molecule has 0 aliphatic rings. The molecule has 156 valence electrons. The lowest BCUT2D eigenvalue weighted by molar-refractivity contribution is -0.682. The second-order valence-electron chi connectivity index (χ2n) is 6.31. The summed E-state index contributed by atoms with van der Waals surface area (Å²) in [6, 6.07) is 12.0. The van der Waals surface area contributed by atoms with Crippen LogP contribution in [0.1, 0.15) is 32.4 Å². The Balaban J connectivity index is 1.85. The number of benzene rings is 2. The topological polar surface area (TPSA) is 93.3 Å². The van der Waals surface area contributed by atoms with Crippen molar-refractivity contribution >= 4 is 29.2 Å². The van der Waals surface area contributed by atoms with Crippen LogP contribution in [0.25, 0.3) is 0 Å². The number of quaternary nitrogens is 1. The first-order valence-electron chi connectivity index (χ1n) is 9.52. The molecule has 0 bridgehead atoms. The average molecular weight is 421 g/mol. The van der Waals surface area contributed by atoms with Crippen LogP contribution in [0, 0.1) is 0 Å². The molecule has 0 radical (unpaired) electrons. The van der Waals surface area contributed by atoms with E-state index in [1.165, 1.54) is 0 Å². The van der Waals surface area contributed by atoms with Gasteiger partial charge in [-0.3, -0.25) is 10.1 Å². The van der Waals surface area contributed by atoms with Gasteiger partial charge in [0.25, 0.3) is 5.91 Å². The minimum absolute atomic E-state index is 0.0564. The summed E-state index contributed by atoms with van der Waals surface area (Å²) in [4.78, 5) is 24.2. The maximum atomic E-state index is 12.1. The lowest BCUT2D eigenvalue weighted by Crippen LogP contribution is -2.87. The van der Waals surface area contributed by atoms with Crippen molar-refractivity contribution in [1.82, 2.24) is 5.32 Å². The molecule has 0 aromatic heterocycles. The van der Waals surface area contributed by atoms with Crippen molar-refractivity contribution in [3.8, 4) is 11.5 Å². The summed E-state index contributed by atoms with van der Waals surface area (Å²) in [6.07, 6.45) is 0. The normalized spacial score (nSPS) is 11.4. The molecule has 2 aromatic carbocycles. The Hall–Kier alpha value is -2.77. The van der Waals surface area contributed by atoms with Crippen molar-refractivity contribution < 1.29 is 24.4 Å². The largest absolute Gasteiger partial charge is 0.490 e. The number of amides is 3. The Morgan fingerprint density at radius 2 is 1.69 bits per heavy atom. The quantitative estimate of drug-likeness (QED) is 0.581. The molecule has 0 aliphatic heterocycles. The summed E-state index contributed by atoms with van der Waals surface area (Å²) >= 11 is 5.89. The number of nitrogens with two attached hydrogens (primary N) is 1. The van der Waals surface area contributed by atoms with Crippen LogP contribution in [0.3, 0.4) is 0 Å². The van der Waals surface area contributed by atoms with Gasteiger partial charge in [0, 0.05) is 22.3 Å². The molecule has 4 N–H and O–H groups in total. The van der Waals surface area contributed by atoms with Gasteiger partial charge in [-0.15, -0.1) is 0 Å². The number of carbonyl (C=O) groups is 2. The van der Waals surface area contributed by atoms with Crippen LogP contribution in [0.15, 0.2) is 42.5 Å².